The van der Waals surface area contributed by atoms with E-state index in [1.807, 2.05) is 0 Å². The average molecular weight is 286 g/mol. The molecule has 1 amide bonds. The molecule has 0 unspecified atom stereocenters. The van der Waals surface area contributed by atoms with E-state index in [1.165, 1.54) is 0 Å². The van der Waals surface area contributed by atoms with E-state index >= 15 is 0 Å². The molecule has 0 aliphatic carbocycles. The van der Waals surface area contributed by atoms with Crippen LogP contribution in [0.4, 0.5) is 14.5 Å². The zero-order valence-corrected chi connectivity index (χ0v) is 11.6. The molecule has 1 aromatic rings. The molecule has 19 heavy (non-hydrogen) atoms. The van der Waals surface area contributed by atoms with Gasteiger partial charge in [0.05, 0.1) is 16.1 Å². The Morgan fingerprint density at radius 3 is 2.42 bits per heavy atom. The predicted octanol–water partition coefficient (Wildman–Crippen LogP) is 3.00. The molecule has 0 atom stereocenters. The van der Waals surface area contributed by atoms with E-state index in [4.69, 9.17) is 18.0 Å². The van der Waals surface area contributed by atoms with Crippen LogP contribution in [0.2, 0.25) is 0 Å². The number of hydrogen-bond donors (Lipinski definition) is 2. The third-order valence-corrected chi connectivity index (χ3v) is 3.68. The molecule has 104 valence electrons. The van der Waals surface area contributed by atoms with Gasteiger partial charge in [0.25, 0.3) is 0 Å². The third kappa shape index (κ3) is 3.07. The molecule has 0 bridgehead atoms. The van der Waals surface area contributed by atoms with E-state index in [1.54, 1.807) is 13.8 Å². The summed E-state index contributed by atoms with van der Waals surface area (Å²) in [5.41, 5.74) is 4.36. The van der Waals surface area contributed by atoms with Crippen LogP contribution >= 0.6 is 12.2 Å². The smallest absolute Gasteiger partial charge is 0.237 e. The molecule has 3 nitrogen and oxygen atoms in total. The summed E-state index contributed by atoms with van der Waals surface area (Å²) < 4.78 is 26.5. The number of thiocarbonyl (C=S) groups is 1. The Bertz CT molecular complexity index is 501. The molecule has 0 spiro atoms. The summed E-state index contributed by atoms with van der Waals surface area (Å²) in [6.45, 7) is 3.54. The lowest BCUT2D eigenvalue weighted by Gasteiger charge is -2.28. The Morgan fingerprint density at radius 1 is 1.37 bits per heavy atom. The van der Waals surface area contributed by atoms with Gasteiger partial charge in [0.15, 0.2) is 0 Å². The zero-order chi connectivity index (χ0) is 14.6. The Hall–Kier alpha value is -1.56. The number of nitrogens with one attached hydrogen (secondary N) is 1. The molecule has 0 radical (unpaired) electrons. The number of carbonyl (C=O) groups excluding carboxylic acids is 1. The SMILES string of the molecule is CCC(CC)(C(=O)Nc1cc(F)ccc1F)C(N)=S. The highest BCUT2D eigenvalue weighted by atomic mass is 32.1. The lowest BCUT2D eigenvalue weighted by Crippen LogP contribution is -2.45. The number of anilines is 1. The molecule has 0 saturated carbocycles. The van der Waals surface area contributed by atoms with Gasteiger partial charge in [-0.1, -0.05) is 26.1 Å². The summed E-state index contributed by atoms with van der Waals surface area (Å²) in [7, 11) is 0. The minimum atomic E-state index is -1.05. The average Bonchev–Trinajstić information content (AvgIpc) is 2.35. The normalized spacial score (nSPS) is 11.2. The number of amides is 1. The van der Waals surface area contributed by atoms with Crippen molar-refractivity contribution in [2.24, 2.45) is 11.1 Å². The van der Waals surface area contributed by atoms with Gasteiger partial charge in [-0.15, -0.1) is 0 Å². The van der Waals surface area contributed by atoms with Crippen LogP contribution in [0.1, 0.15) is 26.7 Å². The van der Waals surface area contributed by atoms with E-state index in [0.717, 1.165) is 18.2 Å². The zero-order valence-electron chi connectivity index (χ0n) is 10.8. The molecule has 1 rings (SSSR count). The fourth-order valence-electron chi connectivity index (χ4n) is 1.87. The first-order valence-electron chi connectivity index (χ1n) is 5.93. The summed E-state index contributed by atoms with van der Waals surface area (Å²) in [4.78, 5) is 12.3. The van der Waals surface area contributed by atoms with Gasteiger partial charge >= 0.3 is 0 Å². The van der Waals surface area contributed by atoms with Gasteiger partial charge in [0.1, 0.15) is 11.6 Å². The fourth-order valence-corrected chi connectivity index (χ4v) is 2.25. The number of rotatable bonds is 5. The second kappa shape index (κ2) is 6.06. The summed E-state index contributed by atoms with van der Waals surface area (Å²) >= 11 is 4.93. The standard InChI is InChI=1S/C13H16F2N2OS/c1-3-13(4-2,11(16)19)12(18)17-10-7-8(14)5-6-9(10)15/h5-7H,3-4H2,1-2H3,(H2,16,19)(H,17,18). The van der Waals surface area contributed by atoms with Gasteiger partial charge < -0.3 is 11.1 Å². The molecule has 0 heterocycles. The Balaban J connectivity index is 3.07. The van der Waals surface area contributed by atoms with Crippen LogP contribution in [0.25, 0.3) is 0 Å². The number of benzene rings is 1. The second-order valence-corrected chi connectivity index (χ2v) is 4.67. The molecule has 6 heteroatoms. The van der Waals surface area contributed by atoms with Crippen molar-refractivity contribution >= 4 is 28.8 Å². The third-order valence-electron chi connectivity index (χ3n) is 3.29. The minimum Gasteiger partial charge on any atom is -0.392 e. The van der Waals surface area contributed by atoms with Crippen LogP contribution < -0.4 is 11.1 Å². The van der Waals surface area contributed by atoms with Crippen molar-refractivity contribution in [2.75, 3.05) is 5.32 Å². The van der Waals surface area contributed by atoms with Gasteiger partial charge in [-0.2, -0.15) is 0 Å². The number of hydrogen-bond acceptors (Lipinski definition) is 2. The highest BCUT2D eigenvalue weighted by Crippen LogP contribution is 2.29. The first-order valence-corrected chi connectivity index (χ1v) is 6.34. The summed E-state index contributed by atoms with van der Waals surface area (Å²) in [5, 5.41) is 2.35. The lowest BCUT2D eigenvalue weighted by atomic mass is 9.81. The maximum Gasteiger partial charge on any atom is 0.237 e. The van der Waals surface area contributed by atoms with E-state index in [0.29, 0.717) is 12.8 Å². The topological polar surface area (TPSA) is 55.1 Å². The van der Waals surface area contributed by atoms with Crippen LogP contribution in [0.3, 0.4) is 0 Å². The van der Waals surface area contributed by atoms with Crippen LogP contribution in [-0.4, -0.2) is 10.9 Å². The number of halogens is 2. The summed E-state index contributed by atoms with van der Waals surface area (Å²) in [5.74, 6) is -1.86. The van der Waals surface area contributed by atoms with E-state index in [9.17, 15) is 13.6 Å². The lowest BCUT2D eigenvalue weighted by molar-refractivity contribution is -0.122. The summed E-state index contributed by atoms with van der Waals surface area (Å²) in [6.07, 6.45) is 0.781. The van der Waals surface area contributed by atoms with Crippen molar-refractivity contribution in [1.82, 2.24) is 0 Å². The van der Waals surface area contributed by atoms with Crippen LogP contribution in [-0.2, 0) is 4.79 Å². The molecule has 0 fully saturated rings. The molecule has 0 aliphatic rings. The minimum absolute atomic E-state index is 0.0480. The highest BCUT2D eigenvalue weighted by molar-refractivity contribution is 7.80. The molecular weight excluding hydrogens is 270 g/mol. The number of nitrogens with two attached hydrogens (primary N) is 1. The fraction of sp³-hybridized carbons (Fsp3) is 0.385. The van der Waals surface area contributed by atoms with Gasteiger partial charge in [-0.3, -0.25) is 4.79 Å². The van der Waals surface area contributed by atoms with E-state index < -0.39 is 23.0 Å². The van der Waals surface area contributed by atoms with Crippen molar-refractivity contribution in [3.8, 4) is 0 Å². The molecule has 1 aromatic carbocycles. The van der Waals surface area contributed by atoms with Crippen molar-refractivity contribution in [3.05, 3.63) is 29.8 Å². The first-order chi connectivity index (χ1) is 8.87. The van der Waals surface area contributed by atoms with Crippen LogP contribution in [0.15, 0.2) is 18.2 Å². The van der Waals surface area contributed by atoms with Crippen LogP contribution in [0, 0.1) is 17.0 Å². The van der Waals surface area contributed by atoms with Gasteiger partial charge in [0, 0.05) is 6.07 Å². The summed E-state index contributed by atoms with van der Waals surface area (Å²) in [6, 6.07) is 2.85. The largest absolute Gasteiger partial charge is 0.392 e. The van der Waals surface area contributed by atoms with Gasteiger partial charge in [-0.25, -0.2) is 8.78 Å². The van der Waals surface area contributed by atoms with Gasteiger partial charge in [-0.05, 0) is 25.0 Å². The maximum atomic E-state index is 13.5. The molecule has 0 saturated heterocycles. The molecule has 0 aliphatic heterocycles. The van der Waals surface area contributed by atoms with E-state index in [-0.39, 0.29) is 10.7 Å². The van der Waals surface area contributed by atoms with Crippen molar-refractivity contribution in [3.63, 3.8) is 0 Å². The molecule has 0 aromatic heterocycles. The van der Waals surface area contributed by atoms with E-state index in [2.05, 4.69) is 5.32 Å². The molecular formula is C13H16F2N2OS. The maximum absolute atomic E-state index is 13.5. The monoisotopic (exact) mass is 286 g/mol. The van der Waals surface area contributed by atoms with Crippen molar-refractivity contribution in [1.29, 1.82) is 0 Å². The Labute approximate surface area is 116 Å². The first kappa shape index (κ1) is 15.5. The van der Waals surface area contributed by atoms with Crippen molar-refractivity contribution in [2.45, 2.75) is 26.7 Å². The molecule has 3 N–H and O–H groups in total. The Morgan fingerprint density at radius 2 is 1.95 bits per heavy atom. The quantitative estimate of drug-likeness (QED) is 0.818. The number of carbonyl (C=O) groups is 1. The van der Waals surface area contributed by atoms with Crippen LogP contribution in [0.5, 0.6) is 0 Å². The van der Waals surface area contributed by atoms with Gasteiger partial charge in [0.2, 0.25) is 5.91 Å². The predicted molar refractivity (Wildman–Crippen MR) is 74.8 cm³/mol. The highest BCUT2D eigenvalue weighted by Gasteiger charge is 2.38. The van der Waals surface area contributed by atoms with Crippen molar-refractivity contribution < 1.29 is 13.6 Å². The Kier molecular flexibility index (Phi) is 4.94. The second-order valence-electron chi connectivity index (χ2n) is 4.23.